The van der Waals surface area contributed by atoms with Gasteiger partial charge in [0.1, 0.15) is 0 Å². The maximum atomic E-state index is 10.8. The Labute approximate surface area is 105 Å². The van der Waals surface area contributed by atoms with Gasteiger partial charge >= 0.3 is 0 Å². The van der Waals surface area contributed by atoms with Crippen LogP contribution in [0, 0.1) is 17.0 Å². The molecule has 6 nitrogen and oxygen atoms in total. The third kappa shape index (κ3) is 2.66. The van der Waals surface area contributed by atoms with E-state index in [4.69, 9.17) is 4.74 Å². The lowest BCUT2D eigenvalue weighted by molar-refractivity contribution is -0.385. The highest BCUT2D eigenvalue weighted by Crippen LogP contribution is 2.21. The topological polar surface area (TPSA) is 84.6 Å². The second kappa shape index (κ2) is 5.43. The van der Waals surface area contributed by atoms with Crippen molar-refractivity contribution < 1.29 is 14.8 Å². The summed E-state index contributed by atoms with van der Waals surface area (Å²) in [5.41, 5.74) is 1.64. The number of rotatable bonds is 4. The second-order valence-electron chi connectivity index (χ2n) is 4.41. The van der Waals surface area contributed by atoms with E-state index in [2.05, 4.69) is 5.32 Å². The molecule has 6 heteroatoms. The Morgan fingerprint density at radius 2 is 2.33 bits per heavy atom. The maximum absolute atomic E-state index is 10.8. The molecule has 0 spiro atoms. The summed E-state index contributed by atoms with van der Waals surface area (Å²) in [5, 5.41) is 23.6. The summed E-state index contributed by atoms with van der Waals surface area (Å²) in [5.74, 6) is 0. The molecule has 0 bridgehead atoms. The van der Waals surface area contributed by atoms with Crippen LogP contribution in [0.2, 0.25) is 0 Å². The fourth-order valence-electron chi connectivity index (χ4n) is 2.04. The van der Waals surface area contributed by atoms with Crippen LogP contribution in [0.3, 0.4) is 0 Å². The normalized spacial score (nSPS) is 23.2. The van der Waals surface area contributed by atoms with Crippen LogP contribution in [0.15, 0.2) is 18.2 Å². The summed E-state index contributed by atoms with van der Waals surface area (Å²) in [6, 6.07) is 4.90. The minimum absolute atomic E-state index is 0.108. The number of hydrogen-bond acceptors (Lipinski definition) is 5. The van der Waals surface area contributed by atoms with Crippen molar-refractivity contribution in [1.82, 2.24) is 5.32 Å². The molecule has 0 aliphatic carbocycles. The zero-order valence-electron chi connectivity index (χ0n) is 10.1. The molecule has 1 aliphatic heterocycles. The van der Waals surface area contributed by atoms with Gasteiger partial charge in [-0.05, 0) is 12.5 Å². The zero-order chi connectivity index (χ0) is 13.1. The smallest absolute Gasteiger partial charge is 0.272 e. The average Bonchev–Trinajstić information content (AvgIpc) is 2.73. The van der Waals surface area contributed by atoms with Gasteiger partial charge < -0.3 is 15.2 Å². The van der Waals surface area contributed by atoms with Crippen LogP contribution in [0.25, 0.3) is 0 Å². The molecule has 2 unspecified atom stereocenters. The van der Waals surface area contributed by atoms with E-state index in [0.717, 1.165) is 5.56 Å². The quantitative estimate of drug-likeness (QED) is 0.610. The maximum Gasteiger partial charge on any atom is 0.272 e. The molecule has 0 amide bonds. The van der Waals surface area contributed by atoms with Gasteiger partial charge in [-0.25, -0.2) is 0 Å². The fraction of sp³-hybridized carbons (Fsp3) is 0.500. The number of nitrogens with zero attached hydrogens (tertiary/aromatic N) is 1. The van der Waals surface area contributed by atoms with Crippen molar-refractivity contribution in [1.29, 1.82) is 0 Å². The zero-order valence-corrected chi connectivity index (χ0v) is 10.1. The van der Waals surface area contributed by atoms with E-state index < -0.39 is 6.10 Å². The van der Waals surface area contributed by atoms with Gasteiger partial charge in [0.25, 0.3) is 5.69 Å². The molecule has 2 atom stereocenters. The molecular weight excluding hydrogens is 236 g/mol. The first-order valence-corrected chi connectivity index (χ1v) is 5.81. The van der Waals surface area contributed by atoms with E-state index in [1.807, 2.05) is 6.07 Å². The van der Waals surface area contributed by atoms with Gasteiger partial charge in [0.2, 0.25) is 0 Å². The lowest BCUT2D eigenvalue weighted by Crippen LogP contribution is -2.38. The molecule has 2 rings (SSSR count). The predicted octanol–water partition coefficient (Wildman–Crippen LogP) is 0.753. The first-order chi connectivity index (χ1) is 8.59. The largest absolute Gasteiger partial charge is 0.389 e. The fourth-order valence-corrected chi connectivity index (χ4v) is 2.04. The minimum atomic E-state index is -0.510. The second-order valence-corrected chi connectivity index (χ2v) is 4.41. The van der Waals surface area contributed by atoms with Gasteiger partial charge in [-0.2, -0.15) is 0 Å². The molecular formula is C12H16N2O4. The molecule has 1 aromatic rings. The van der Waals surface area contributed by atoms with Crippen LogP contribution in [0.1, 0.15) is 11.1 Å². The standard InChI is InChI=1S/C12H16N2O4/c1-8-9(3-2-4-11(8)14(16)17)5-13-10-6-18-7-12(10)15/h2-4,10,12-13,15H,5-7H2,1H3. The van der Waals surface area contributed by atoms with Crippen molar-refractivity contribution >= 4 is 5.69 Å². The molecule has 1 fully saturated rings. The van der Waals surface area contributed by atoms with Crippen LogP contribution < -0.4 is 5.32 Å². The minimum Gasteiger partial charge on any atom is -0.389 e. The third-order valence-electron chi connectivity index (χ3n) is 3.22. The number of nitrogens with one attached hydrogen (secondary N) is 1. The van der Waals surface area contributed by atoms with Crippen LogP contribution in [-0.4, -0.2) is 35.4 Å². The Kier molecular flexibility index (Phi) is 3.90. The Balaban J connectivity index is 2.05. The number of ether oxygens (including phenoxy) is 1. The lowest BCUT2D eigenvalue weighted by atomic mass is 10.1. The molecule has 0 saturated carbocycles. The van der Waals surface area contributed by atoms with Crippen molar-refractivity contribution in [2.24, 2.45) is 0 Å². The van der Waals surface area contributed by atoms with Crippen LogP contribution in [0.4, 0.5) is 5.69 Å². The highest BCUT2D eigenvalue weighted by atomic mass is 16.6. The van der Waals surface area contributed by atoms with E-state index in [1.54, 1.807) is 13.0 Å². The average molecular weight is 252 g/mol. The molecule has 1 saturated heterocycles. The number of aliphatic hydroxyl groups excluding tert-OH is 1. The lowest BCUT2D eigenvalue weighted by Gasteiger charge is -2.15. The first kappa shape index (κ1) is 12.9. The van der Waals surface area contributed by atoms with E-state index in [-0.39, 0.29) is 16.7 Å². The molecule has 18 heavy (non-hydrogen) atoms. The van der Waals surface area contributed by atoms with Crippen molar-refractivity contribution in [3.8, 4) is 0 Å². The van der Waals surface area contributed by atoms with E-state index >= 15 is 0 Å². The number of nitro groups is 1. The number of aliphatic hydroxyl groups is 1. The highest BCUT2D eigenvalue weighted by molar-refractivity contribution is 5.44. The van der Waals surface area contributed by atoms with Crippen molar-refractivity contribution in [3.63, 3.8) is 0 Å². The molecule has 0 radical (unpaired) electrons. The highest BCUT2D eigenvalue weighted by Gasteiger charge is 2.25. The Hall–Kier alpha value is -1.50. The third-order valence-corrected chi connectivity index (χ3v) is 3.22. The molecule has 2 N–H and O–H groups in total. The Morgan fingerprint density at radius 3 is 2.94 bits per heavy atom. The van der Waals surface area contributed by atoms with Crippen LogP contribution >= 0.6 is 0 Å². The molecule has 1 aromatic carbocycles. The van der Waals surface area contributed by atoms with Gasteiger partial charge in [-0.15, -0.1) is 0 Å². The first-order valence-electron chi connectivity index (χ1n) is 5.81. The Morgan fingerprint density at radius 1 is 1.56 bits per heavy atom. The summed E-state index contributed by atoms with van der Waals surface area (Å²) in [4.78, 5) is 10.4. The summed E-state index contributed by atoms with van der Waals surface area (Å²) in [7, 11) is 0. The monoisotopic (exact) mass is 252 g/mol. The Bertz CT molecular complexity index is 450. The summed E-state index contributed by atoms with van der Waals surface area (Å²) in [6.45, 7) is 3.02. The van der Waals surface area contributed by atoms with E-state index in [9.17, 15) is 15.2 Å². The molecule has 98 valence electrons. The summed E-state index contributed by atoms with van der Waals surface area (Å²) < 4.78 is 5.13. The predicted molar refractivity (Wildman–Crippen MR) is 65.3 cm³/mol. The molecule has 0 aromatic heterocycles. The van der Waals surface area contributed by atoms with Crippen LogP contribution in [0.5, 0.6) is 0 Å². The van der Waals surface area contributed by atoms with Gasteiger partial charge in [-0.1, -0.05) is 12.1 Å². The van der Waals surface area contributed by atoms with Crippen molar-refractivity contribution in [2.75, 3.05) is 13.2 Å². The number of nitro benzene ring substituents is 1. The van der Waals surface area contributed by atoms with Crippen LogP contribution in [-0.2, 0) is 11.3 Å². The van der Waals surface area contributed by atoms with Gasteiger partial charge in [0.15, 0.2) is 0 Å². The summed E-state index contributed by atoms with van der Waals surface area (Å²) in [6.07, 6.45) is -0.510. The van der Waals surface area contributed by atoms with Gasteiger partial charge in [0.05, 0.1) is 30.3 Å². The molecule has 1 aliphatic rings. The van der Waals surface area contributed by atoms with Crippen molar-refractivity contribution in [2.45, 2.75) is 25.6 Å². The number of hydrogen-bond donors (Lipinski definition) is 2. The van der Waals surface area contributed by atoms with Gasteiger partial charge in [-0.3, -0.25) is 10.1 Å². The van der Waals surface area contributed by atoms with Gasteiger partial charge in [0, 0.05) is 18.2 Å². The summed E-state index contributed by atoms with van der Waals surface area (Å²) >= 11 is 0. The number of benzene rings is 1. The van der Waals surface area contributed by atoms with E-state index in [1.165, 1.54) is 6.07 Å². The SMILES string of the molecule is Cc1c(CNC2COCC2O)cccc1[N+](=O)[O-]. The van der Waals surface area contributed by atoms with E-state index in [0.29, 0.717) is 25.3 Å². The molecule has 1 heterocycles. The van der Waals surface area contributed by atoms with Crippen molar-refractivity contribution in [3.05, 3.63) is 39.4 Å².